The number of anilines is 2. The maximum atomic E-state index is 4.88. The molecule has 5 aromatic rings. The smallest absolute Gasteiger partial charge is 0.159 e. The number of nitrogens with one attached hydrogen (secondary N) is 4. The minimum Gasteiger partial charge on any atom is -0.378 e. The Morgan fingerprint density at radius 1 is 0.946 bits per heavy atom. The summed E-state index contributed by atoms with van der Waals surface area (Å²) >= 11 is 0. The molecule has 0 atom stereocenters. The highest BCUT2D eigenvalue weighted by Crippen LogP contribution is 2.31. The topological polar surface area (TPSA) is 105 Å². The van der Waals surface area contributed by atoms with Gasteiger partial charge in [-0.2, -0.15) is 5.10 Å². The number of fused-ring (bicyclic) bond motifs is 2. The summed E-state index contributed by atoms with van der Waals surface area (Å²) in [6.45, 7) is 5.44. The van der Waals surface area contributed by atoms with Crippen molar-refractivity contribution >= 4 is 33.3 Å². The van der Waals surface area contributed by atoms with E-state index in [0.29, 0.717) is 6.54 Å². The summed E-state index contributed by atoms with van der Waals surface area (Å²) in [5.74, 6) is 1.68. The first-order valence-corrected chi connectivity index (χ1v) is 13.5. The van der Waals surface area contributed by atoms with Crippen LogP contribution in [0.4, 0.5) is 11.4 Å². The van der Waals surface area contributed by atoms with Crippen LogP contribution < -0.4 is 10.2 Å². The Bertz CT molecular complexity index is 1480. The zero-order valence-corrected chi connectivity index (χ0v) is 21.0. The molecular formula is C28H33N9. The molecule has 0 aliphatic carbocycles. The number of piperidine rings is 2. The Balaban J connectivity index is 1.09. The van der Waals surface area contributed by atoms with E-state index < -0.39 is 0 Å². The zero-order chi connectivity index (χ0) is 24.6. The van der Waals surface area contributed by atoms with Gasteiger partial charge in [-0.25, -0.2) is 9.97 Å². The van der Waals surface area contributed by atoms with Gasteiger partial charge in [0.1, 0.15) is 11.5 Å². The van der Waals surface area contributed by atoms with Gasteiger partial charge in [0.25, 0.3) is 0 Å². The Morgan fingerprint density at radius 2 is 1.84 bits per heavy atom. The van der Waals surface area contributed by atoms with Gasteiger partial charge in [-0.1, -0.05) is 6.42 Å². The molecule has 2 aromatic carbocycles. The third-order valence-corrected chi connectivity index (χ3v) is 8.00. The van der Waals surface area contributed by atoms with E-state index in [-0.39, 0.29) is 0 Å². The minimum absolute atomic E-state index is 0.633. The lowest BCUT2D eigenvalue weighted by molar-refractivity contribution is 0.141. The van der Waals surface area contributed by atoms with Crippen molar-refractivity contribution in [2.24, 2.45) is 0 Å². The van der Waals surface area contributed by atoms with Gasteiger partial charge in [0.2, 0.25) is 0 Å². The molecule has 2 aliphatic heterocycles. The van der Waals surface area contributed by atoms with Crippen LogP contribution in [0.5, 0.6) is 0 Å². The fourth-order valence-electron chi connectivity index (χ4n) is 5.96. The molecule has 0 unspecified atom stereocenters. The van der Waals surface area contributed by atoms with Gasteiger partial charge in [0, 0.05) is 48.3 Å². The number of likely N-dealkylation sites (tertiary alicyclic amines) is 1. The summed E-state index contributed by atoms with van der Waals surface area (Å²) in [5, 5.41) is 12.2. The third-order valence-electron chi connectivity index (χ3n) is 8.00. The van der Waals surface area contributed by atoms with E-state index in [1.165, 1.54) is 50.9 Å². The lowest BCUT2D eigenvalue weighted by atomic mass is 9.99. The molecule has 7 rings (SSSR count). The number of aromatic nitrogens is 6. The number of rotatable bonds is 6. The standard InChI is InChI=1S/C28H33N9/c1-2-12-36(13-3-1)20-8-14-37(15-9-20)21-5-7-24-25(17-21)33-28(32-24)27-22-16-19(4-6-23(22)34-35-27)31-18-26-29-10-11-30-26/h4-7,10-11,16-17,20,31H,1-3,8-9,12-15,18H2,(H,29,30)(H,32,33)(H,34,35). The molecule has 190 valence electrons. The van der Waals surface area contributed by atoms with Crippen molar-refractivity contribution in [2.75, 3.05) is 36.4 Å². The molecule has 2 aliphatic rings. The van der Waals surface area contributed by atoms with Crippen LogP contribution in [-0.4, -0.2) is 67.3 Å². The SMILES string of the molecule is c1c[nH]c(CNc2ccc3[nH]nc(-c4nc5ccc(N6CCC(N7CCCCC7)CC6)cc5[nH]4)c3c2)n1. The molecule has 2 saturated heterocycles. The Hall–Kier alpha value is -3.85. The summed E-state index contributed by atoms with van der Waals surface area (Å²) in [7, 11) is 0. The van der Waals surface area contributed by atoms with Crippen molar-refractivity contribution in [2.45, 2.75) is 44.7 Å². The van der Waals surface area contributed by atoms with Crippen LogP contribution in [0.3, 0.4) is 0 Å². The summed E-state index contributed by atoms with van der Waals surface area (Å²) < 4.78 is 0. The number of benzene rings is 2. The number of imidazole rings is 2. The van der Waals surface area contributed by atoms with E-state index in [9.17, 15) is 0 Å². The average molecular weight is 496 g/mol. The van der Waals surface area contributed by atoms with Gasteiger partial charge < -0.3 is 25.1 Å². The molecule has 0 radical (unpaired) electrons. The number of hydrogen-bond donors (Lipinski definition) is 4. The molecule has 2 fully saturated rings. The molecule has 0 spiro atoms. The van der Waals surface area contributed by atoms with Crippen molar-refractivity contribution in [1.82, 2.24) is 35.0 Å². The average Bonchev–Trinajstić information content (AvgIpc) is 3.71. The second-order valence-electron chi connectivity index (χ2n) is 10.3. The normalized spacial score (nSPS) is 17.7. The number of hydrogen-bond acceptors (Lipinski definition) is 6. The number of nitrogens with zero attached hydrogens (tertiary/aromatic N) is 5. The first-order valence-electron chi connectivity index (χ1n) is 13.5. The number of aromatic amines is 3. The number of H-pyrrole nitrogens is 3. The van der Waals surface area contributed by atoms with Crippen molar-refractivity contribution in [3.63, 3.8) is 0 Å². The molecular weight excluding hydrogens is 462 g/mol. The van der Waals surface area contributed by atoms with Crippen LogP contribution in [0.15, 0.2) is 48.8 Å². The van der Waals surface area contributed by atoms with Crippen LogP contribution in [0.25, 0.3) is 33.5 Å². The van der Waals surface area contributed by atoms with E-state index in [1.807, 2.05) is 18.3 Å². The van der Waals surface area contributed by atoms with E-state index in [4.69, 9.17) is 4.98 Å². The molecule has 9 nitrogen and oxygen atoms in total. The Morgan fingerprint density at radius 3 is 2.68 bits per heavy atom. The van der Waals surface area contributed by atoms with Crippen molar-refractivity contribution < 1.29 is 0 Å². The van der Waals surface area contributed by atoms with Crippen molar-refractivity contribution in [3.8, 4) is 11.5 Å². The fourth-order valence-corrected chi connectivity index (χ4v) is 5.96. The predicted molar refractivity (Wildman–Crippen MR) is 148 cm³/mol. The van der Waals surface area contributed by atoms with Gasteiger partial charge in [0.05, 0.1) is 23.1 Å². The quantitative estimate of drug-likeness (QED) is 0.267. The highest BCUT2D eigenvalue weighted by molar-refractivity contribution is 5.95. The first-order chi connectivity index (χ1) is 18.3. The molecule has 0 saturated carbocycles. The highest BCUT2D eigenvalue weighted by Gasteiger charge is 2.26. The predicted octanol–water partition coefficient (Wildman–Crippen LogP) is 4.90. The maximum Gasteiger partial charge on any atom is 0.159 e. The minimum atomic E-state index is 0.633. The summed E-state index contributed by atoms with van der Waals surface area (Å²) in [6.07, 6.45) is 10.2. The molecule has 3 aromatic heterocycles. The zero-order valence-electron chi connectivity index (χ0n) is 21.0. The summed E-state index contributed by atoms with van der Waals surface area (Å²) in [5.41, 5.74) is 6.11. The maximum absolute atomic E-state index is 4.88. The van der Waals surface area contributed by atoms with E-state index in [2.05, 4.69) is 64.5 Å². The molecule has 0 amide bonds. The van der Waals surface area contributed by atoms with E-state index in [0.717, 1.165) is 64.1 Å². The van der Waals surface area contributed by atoms with Crippen molar-refractivity contribution in [1.29, 1.82) is 0 Å². The van der Waals surface area contributed by atoms with Gasteiger partial charge in [-0.05, 0) is 75.2 Å². The lowest BCUT2D eigenvalue weighted by Crippen LogP contribution is -2.46. The first kappa shape index (κ1) is 22.4. The monoisotopic (exact) mass is 495 g/mol. The molecule has 5 heterocycles. The summed E-state index contributed by atoms with van der Waals surface area (Å²) in [4.78, 5) is 21.1. The molecule has 37 heavy (non-hydrogen) atoms. The van der Waals surface area contributed by atoms with Crippen LogP contribution in [-0.2, 0) is 6.54 Å². The summed E-state index contributed by atoms with van der Waals surface area (Å²) in [6, 6.07) is 13.6. The van der Waals surface area contributed by atoms with Gasteiger partial charge in [-0.15, -0.1) is 0 Å². The highest BCUT2D eigenvalue weighted by atomic mass is 15.2. The van der Waals surface area contributed by atoms with Crippen LogP contribution >= 0.6 is 0 Å². The third kappa shape index (κ3) is 4.44. The van der Waals surface area contributed by atoms with Crippen LogP contribution in [0.1, 0.15) is 37.9 Å². The Kier molecular flexibility index (Phi) is 5.77. The van der Waals surface area contributed by atoms with Gasteiger partial charge in [0.15, 0.2) is 5.82 Å². The molecule has 4 N–H and O–H groups in total. The largest absolute Gasteiger partial charge is 0.378 e. The fraction of sp³-hybridized carbons (Fsp3) is 0.393. The second-order valence-corrected chi connectivity index (χ2v) is 10.3. The van der Waals surface area contributed by atoms with Gasteiger partial charge >= 0.3 is 0 Å². The van der Waals surface area contributed by atoms with Gasteiger partial charge in [-0.3, -0.25) is 5.10 Å². The van der Waals surface area contributed by atoms with E-state index >= 15 is 0 Å². The Labute approximate surface area is 215 Å². The lowest BCUT2D eigenvalue weighted by Gasteiger charge is -2.41. The second kappa shape index (κ2) is 9.55. The van der Waals surface area contributed by atoms with Crippen LogP contribution in [0, 0.1) is 0 Å². The van der Waals surface area contributed by atoms with E-state index in [1.54, 1.807) is 6.20 Å². The van der Waals surface area contributed by atoms with Crippen LogP contribution in [0.2, 0.25) is 0 Å². The van der Waals surface area contributed by atoms with Crippen molar-refractivity contribution in [3.05, 3.63) is 54.6 Å². The molecule has 0 bridgehead atoms. The molecule has 9 heteroatoms.